The van der Waals surface area contributed by atoms with Crippen LogP contribution in [0, 0.1) is 0 Å². The van der Waals surface area contributed by atoms with Gasteiger partial charge in [0.05, 0.1) is 11.2 Å². The fraction of sp³-hybridized carbons (Fsp3) is 1.00. The van der Waals surface area contributed by atoms with Crippen LogP contribution in [0.1, 0.15) is 27.7 Å². The molecule has 0 spiro atoms. The molecule has 0 unspecified atom stereocenters. The summed E-state index contributed by atoms with van der Waals surface area (Å²) in [6.07, 6.45) is 0. The van der Waals surface area contributed by atoms with Crippen LogP contribution in [-0.4, -0.2) is 29.5 Å². The molecule has 0 saturated heterocycles. The molecule has 0 aromatic heterocycles. The SMILES string of the molecule is CC(C)(O)C(C)(C)O.C[Si](C)(C)C. The van der Waals surface area contributed by atoms with Crippen LogP contribution >= 0.6 is 0 Å². The molecular weight excluding hydrogens is 180 g/mol. The van der Waals surface area contributed by atoms with Crippen LogP contribution in [0.5, 0.6) is 0 Å². The van der Waals surface area contributed by atoms with Gasteiger partial charge in [-0.15, -0.1) is 0 Å². The van der Waals surface area contributed by atoms with Gasteiger partial charge >= 0.3 is 0 Å². The van der Waals surface area contributed by atoms with E-state index in [9.17, 15) is 0 Å². The fourth-order valence-corrected chi connectivity index (χ4v) is 0. The predicted octanol–water partition coefficient (Wildman–Crippen LogP) is 2.48. The molecule has 0 fully saturated rings. The van der Waals surface area contributed by atoms with Crippen LogP contribution in [0.15, 0.2) is 0 Å². The average Bonchev–Trinajstić information content (AvgIpc) is 1.50. The van der Waals surface area contributed by atoms with E-state index in [2.05, 4.69) is 26.2 Å². The molecule has 0 saturated carbocycles. The molecule has 0 aromatic rings. The van der Waals surface area contributed by atoms with E-state index in [-0.39, 0.29) is 0 Å². The van der Waals surface area contributed by atoms with E-state index in [0.29, 0.717) is 0 Å². The summed E-state index contributed by atoms with van der Waals surface area (Å²) in [7, 11) is -0.611. The van der Waals surface area contributed by atoms with Crippen molar-refractivity contribution >= 4 is 8.07 Å². The van der Waals surface area contributed by atoms with Crippen molar-refractivity contribution in [3.8, 4) is 0 Å². The highest BCUT2D eigenvalue weighted by Gasteiger charge is 2.31. The van der Waals surface area contributed by atoms with Gasteiger partial charge in [-0.3, -0.25) is 0 Å². The second-order valence-electron chi connectivity index (χ2n) is 6.12. The highest BCUT2D eigenvalue weighted by Crippen LogP contribution is 2.19. The summed E-state index contributed by atoms with van der Waals surface area (Å²) in [6.45, 7) is 15.6. The van der Waals surface area contributed by atoms with Crippen molar-refractivity contribution in [1.82, 2.24) is 0 Å². The Morgan fingerprint density at radius 3 is 0.769 bits per heavy atom. The summed E-state index contributed by atoms with van der Waals surface area (Å²) in [5, 5.41) is 18.2. The van der Waals surface area contributed by atoms with Crippen molar-refractivity contribution in [2.24, 2.45) is 0 Å². The largest absolute Gasteiger partial charge is 0.387 e. The third-order valence-corrected chi connectivity index (χ3v) is 1.50. The Kier molecular flexibility index (Phi) is 5.49. The Bertz CT molecular complexity index is 116. The van der Waals surface area contributed by atoms with E-state index in [1.807, 2.05) is 0 Å². The second kappa shape index (κ2) is 4.58. The maximum absolute atomic E-state index is 9.10. The molecular formula is C10H26O2Si. The summed E-state index contributed by atoms with van der Waals surface area (Å²) in [5.74, 6) is 0. The Morgan fingerprint density at radius 1 is 0.692 bits per heavy atom. The van der Waals surface area contributed by atoms with Gasteiger partial charge in [0.2, 0.25) is 0 Å². The predicted molar refractivity (Wildman–Crippen MR) is 61.8 cm³/mol. The monoisotopic (exact) mass is 206 g/mol. The van der Waals surface area contributed by atoms with Gasteiger partial charge in [0.15, 0.2) is 0 Å². The van der Waals surface area contributed by atoms with E-state index in [4.69, 9.17) is 10.2 Å². The van der Waals surface area contributed by atoms with Gasteiger partial charge < -0.3 is 10.2 Å². The maximum Gasteiger partial charge on any atom is 0.0872 e. The average molecular weight is 206 g/mol. The number of aliphatic hydroxyl groups is 2. The molecule has 2 nitrogen and oxygen atoms in total. The van der Waals surface area contributed by atoms with Crippen molar-refractivity contribution in [2.75, 3.05) is 0 Å². The minimum absolute atomic E-state index is 0.611. The molecule has 0 rings (SSSR count). The molecule has 3 heteroatoms. The summed E-state index contributed by atoms with van der Waals surface area (Å²) in [4.78, 5) is 0. The van der Waals surface area contributed by atoms with E-state index < -0.39 is 19.3 Å². The van der Waals surface area contributed by atoms with Crippen LogP contribution in [-0.2, 0) is 0 Å². The molecule has 2 N–H and O–H groups in total. The van der Waals surface area contributed by atoms with Crippen molar-refractivity contribution in [3.05, 3.63) is 0 Å². The molecule has 0 aliphatic heterocycles. The van der Waals surface area contributed by atoms with E-state index in [1.165, 1.54) is 0 Å². The molecule has 0 heterocycles. The molecule has 82 valence electrons. The van der Waals surface area contributed by atoms with Crippen LogP contribution in [0.2, 0.25) is 26.2 Å². The quantitative estimate of drug-likeness (QED) is 0.647. The number of hydrogen-bond donors (Lipinski definition) is 2. The third kappa shape index (κ3) is 14.9. The zero-order valence-corrected chi connectivity index (χ0v) is 11.4. The lowest BCUT2D eigenvalue weighted by Crippen LogP contribution is -2.44. The van der Waals surface area contributed by atoms with Gasteiger partial charge in [-0.2, -0.15) is 0 Å². The van der Waals surface area contributed by atoms with E-state index in [1.54, 1.807) is 27.7 Å². The van der Waals surface area contributed by atoms with Gasteiger partial charge in [0.25, 0.3) is 0 Å². The Labute approximate surface area is 84.0 Å². The smallest absolute Gasteiger partial charge is 0.0872 e. The van der Waals surface area contributed by atoms with Gasteiger partial charge in [-0.25, -0.2) is 0 Å². The summed E-state index contributed by atoms with van der Waals surface area (Å²) >= 11 is 0. The summed E-state index contributed by atoms with van der Waals surface area (Å²) in [6, 6.07) is 0. The topological polar surface area (TPSA) is 40.5 Å². The molecule has 0 aliphatic rings. The van der Waals surface area contributed by atoms with E-state index >= 15 is 0 Å². The molecule has 13 heavy (non-hydrogen) atoms. The van der Waals surface area contributed by atoms with Gasteiger partial charge in [0, 0.05) is 8.07 Å². The van der Waals surface area contributed by atoms with Crippen LogP contribution in [0.3, 0.4) is 0 Å². The summed E-state index contributed by atoms with van der Waals surface area (Å²) in [5.41, 5.74) is -2.01. The third-order valence-electron chi connectivity index (χ3n) is 1.50. The highest BCUT2D eigenvalue weighted by atomic mass is 28.3. The fourth-order valence-electron chi connectivity index (χ4n) is 0. The number of rotatable bonds is 1. The van der Waals surface area contributed by atoms with Crippen LogP contribution < -0.4 is 0 Å². The molecule has 0 aliphatic carbocycles. The first kappa shape index (κ1) is 15.6. The zero-order chi connectivity index (χ0) is 11.5. The lowest BCUT2D eigenvalue weighted by atomic mass is 9.90. The molecule has 0 amide bonds. The van der Waals surface area contributed by atoms with Gasteiger partial charge in [-0.05, 0) is 27.7 Å². The lowest BCUT2D eigenvalue weighted by Gasteiger charge is -2.31. The minimum atomic E-state index is -1.01. The van der Waals surface area contributed by atoms with Gasteiger partial charge in [-0.1, -0.05) is 26.2 Å². The van der Waals surface area contributed by atoms with Crippen LogP contribution in [0.4, 0.5) is 0 Å². The van der Waals surface area contributed by atoms with Gasteiger partial charge in [0.1, 0.15) is 0 Å². The summed E-state index contributed by atoms with van der Waals surface area (Å²) < 4.78 is 0. The molecule has 0 bridgehead atoms. The highest BCUT2D eigenvalue weighted by molar-refractivity contribution is 6.74. The molecule has 0 aromatic carbocycles. The first-order valence-corrected chi connectivity index (χ1v) is 8.70. The van der Waals surface area contributed by atoms with Crippen molar-refractivity contribution in [3.63, 3.8) is 0 Å². The van der Waals surface area contributed by atoms with Crippen molar-refractivity contribution < 1.29 is 10.2 Å². The second-order valence-corrected chi connectivity index (χ2v) is 12.1. The van der Waals surface area contributed by atoms with E-state index in [0.717, 1.165) is 0 Å². The first-order chi connectivity index (χ1) is 5.25. The maximum atomic E-state index is 9.10. The Hall–Kier alpha value is 0.137. The minimum Gasteiger partial charge on any atom is -0.387 e. The van der Waals surface area contributed by atoms with Crippen LogP contribution in [0.25, 0.3) is 0 Å². The standard InChI is InChI=1S/C6H14O2.C4H12Si/c1-5(2,7)6(3,4)8;1-5(2,3)4/h7-8H,1-4H3;1-4H3. The first-order valence-electron chi connectivity index (χ1n) is 4.70. The molecule has 0 radical (unpaired) electrons. The lowest BCUT2D eigenvalue weighted by molar-refractivity contribution is -0.107. The molecule has 0 atom stereocenters. The van der Waals surface area contributed by atoms with Crippen molar-refractivity contribution in [2.45, 2.75) is 65.1 Å². The number of hydrogen-bond acceptors (Lipinski definition) is 2. The Balaban J connectivity index is 0. The Morgan fingerprint density at radius 2 is 0.769 bits per heavy atom. The normalized spacial score (nSPS) is 13.4. The van der Waals surface area contributed by atoms with Crippen molar-refractivity contribution in [1.29, 1.82) is 0 Å². The zero-order valence-electron chi connectivity index (χ0n) is 10.4.